The number of carbonyl (C=O) groups is 2. The van der Waals surface area contributed by atoms with Gasteiger partial charge in [-0.2, -0.15) is 0 Å². The van der Waals surface area contributed by atoms with Crippen molar-refractivity contribution in [1.29, 1.82) is 0 Å². The first-order chi connectivity index (χ1) is 9.73. The fourth-order valence-corrected chi connectivity index (χ4v) is 1.77. The average Bonchev–Trinajstić information content (AvgIpc) is 2.39. The number of methoxy groups -OCH3 is 1. The second-order valence-corrected chi connectivity index (χ2v) is 5.47. The zero-order valence-corrected chi connectivity index (χ0v) is 12.4. The number of nitrogens with one attached hydrogen (secondary N) is 1. The van der Waals surface area contributed by atoms with Gasteiger partial charge in [0.15, 0.2) is 0 Å². The molecule has 0 fully saturated rings. The zero-order valence-electron chi connectivity index (χ0n) is 12.4. The van der Waals surface area contributed by atoms with E-state index in [1.54, 1.807) is 26.0 Å². The summed E-state index contributed by atoms with van der Waals surface area (Å²) in [5, 5.41) is 20.9. The third kappa shape index (κ3) is 5.83. The maximum atomic E-state index is 11.9. The molecule has 0 aliphatic carbocycles. The van der Waals surface area contributed by atoms with E-state index in [1.165, 1.54) is 19.2 Å². The Morgan fingerprint density at radius 2 is 1.86 bits per heavy atom. The van der Waals surface area contributed by atoms with Gasteiger partial charge >= 0.3 is 5.97 Å². The van der Waals surface area contributed by atoms with E-state index in [0.29, 0.717) is 5.56 Å². The quantitative estimate of drug-likeness (QED) is 0.705. The number of phenolic OH excluding ortho intramolecular Hbond substituents is 1. The Kier molecular flexibility index (Phi) is 5.72. The van der Waals surface area contributed by atoms with Crippen LogP contribution in [0.15, 0.2) is 24.3 Å². The predicted octanol–water partition coefficient (Wildman–Crippen LogP) is 1.32. The Bertz CT molecular complexity index is 495. The normalized spacial score (nSPS) is 12.7. The lowest BCUT2D eigenvalue weighted by Gasteiger charge is -2.23. The first kappa shape index (κ1) is 17.0. The van der Waals surface area contributed by atoms with E-state index in [1.807, 2.05) is 0 Å². The average molecular weight is 295 g/mol. The number of phenols is 1. The second kappa shape index (κ2) is 7.08. The maximum Gasteiger partial charge on any atom is 0.326 e. The lowest BCUT2D eigenvalue weighted by Crippen LogP contribution is -2.44. The standard InChI is InChI=1S/C15H21NO5/c1-15(2,21-3)9-13(18)16-12(14(19)20)8-10-4-6-11(17)7-5-10/h4-7,12,17H,8-9H2,1-3H3,(H,16,18)(H,19,20)/t12-/m0/s1. The van der Waals surface area contributed by atoms with Crippen LogP contribution in [0.5, 0.6) is 5.75 Å². The Labute approximate surface area is 123 Å². The van der Waals surface area contributed by atoms with Crippen LogP contribution in [0.25, 0.3) is 0 Å². The van der Waals surface area contributed by atoms with Crippen LogP contribution in [-0.2, 0) is 20.7 Å². The molecular formula is C15H21NO5. The summed E-state index contributed by atoms with van der Waals surface area (Å²) in [6, 6.07) is 5.18. The summed E-state index contributed by atoms with van der Waals surface area (Å²) in [5.41, 5.74) is 0.0672. The molecule has 0 aliphatic rings. The van der Waals surface area contributed by atoms with E-state index in [9.17, 15) is 19.8 Å². The molecule has 3 N–H and O–H groups in total. The van der Waals surface area contributed by atoms with E-state index in [2.05, 4.69) is 5.32 Å². The molecular weight excluding hydrogens is 274 g/mol. The SMILES string of the molecule is COC(C)(C)CC(=O)N[C@@H](Cc1ccc(O)cc1)C(=O)O. The molecule has 1 atom stereocenters. The number of hydrogen-bond acceptors (Lipinski definition) is 4. The molecule has 116 valence electrons. The van der Waals surface area contributed by atoms with Gasteiger partial charge in [0.25, 0.3) is 0 Å². The largest absolute Gasteiger partial charge is 0.508 e. The zero-order chi connectivity index (χ0) is 16.0. The fraction of sp³-hybridized carbons (Fsp3) is 0.467. The van der Waals surface area contributed by atoms with Crippen LogP contribution in [0.2, 0.25) is 0 Å². The van der Waals surface area contributed by atoms with Crippen LogP contribution in [0.1, 0.15) is 25.8 Å². The number of aromatic hydroxyl groups is 1. The molecule has 1 aromatic rings. The fourth-order valence-electron chi connectivity index (χ4n) is 1.77. The van der Waals surface area contributed by atoms with Gasteiger partial charge in [-0.25, -0.2) is 4.79 Å². The second-order valence-electron chi connectivity index (χ2n) is 5.47. The molecule has 0 spiro atoms. The van der Waals surface area contributed by atoms with Crippen molar-refractivity contribution >= 4 is 11.9 Å². The van der Waals surface area contributed by atoms with Crippen LogP contribution >= 0.6 is 0 Å². The summed E-state index contributed by atoms with van der Waals surface area (Å²) >= 11 is 0. The Hall–Kier alpha value is -2.08. The minimum atomic E-state index is -1.10. The number of ether oxygens (including phenoxy) is 1. The highest BCUT2D eigenvalue weighted by molar-refractivity contribution is 5.84. The third-order valence-electron chi connectivity index (χ3n) is 3.15. The molecule has 0 radical (unpaired) electrons. The number of carbonyl (C=O) groups excluding carboxylic acids is 1. The van der Waals surface area contributed by atoms with Crippen molar-refractivity contribution in [3.05, 3.63) is 29.8 Å². The molecule has 0 saturated carbocycles. The van der Waals surface area contributed by atoms with Crippen molar-refractivity contribution in [3.8, 4) is 5.75 Å². The van der Waals surface area contributed by atoms with E-state index < -0.39 is 17.6 Å². The van der Waals surface area contributed by atoms with Crippen molar-refractivity contribution in [1.82, 2.24) is 5.32 Å². The summed E-state index contributed by atoms with van der Waals surface area (Å²) in [6.07, 6.45) is 0.220. The first-order valence-corrected chi connectivity index (χ1v) is 6.59. The number of carboxylic acid groups (broad SMARTS) is 1. The molecule has 0 aliphatic heterocycles. The van der Waals surface area contributed by atoms with Crippen molar-refractivity contribution in [2.24, 2.45) is 0 Å². The molecule has 0 bridgehead atoms. The van der Waals surface area contributed by atoms with Gasteiger partial charge in [0.05, 0.1) is 12.0 Å². The topological polar surface area (TPSA) is 95.9 Å². The molecule has 1 rings (SSSR count). The Morgan fingerprint density at radius 1 is 1.29 bits per heavy atom. The smallest absolute Gasteiger partial charge is 0.326 e. The van der Waals surface area contributed by atoms with Crippen LogP contribution in [0, 0.1) is 0 Å². The first-order valence-electron chi connectivity index (χ1n) is 6.59. The van der Waals surface area contributed by atoms with Crippen LogP contribution in [-0.4, -0.2) is 40.8 Å². The Morgan fingerprint density at radius 3 is 2.33 bits per heavy atom. The lowest BCUT2D eigenvalue weighted by molar-refractivity contribution is -0.142. The highest BCUT2D eigenvalue weighted by Crippen LogP contribution is 2.14. The van der Waals surface area contributed by atoms with E-state index in [4.69, 9.17) is 4.74 Å². The number of rotatable bonds is 7. The number of hydrogen-bond donors (Lipinski definition) is 3. The molecule has 21 heavy (non-hydrogen) atoms. The molecule has 0 saturated heterocycles. The molecule has 1 amide bonds. The van der Waals surface area contributed by atoms with Crippen LogP contribution < -0.4 is 5.32 Å². The number of carboxylic acids is 1. The van der Waals surface area contributed by atoms with Gasteiger partial charge in [-0.1, -0.05) is 12.1 Å². The van der Waals surface area contributed by atoms with Crippen LogP contribution in [0.3, 0.4) is 0 Å². The van der Waals surface area contributed by atoms with Gasteiger partial charge in [-0.15, -0.1) is 0 Å². The Balaban J connectivity index is 2.68. The summed E-state index contributed by atoms with van der Waals surface area (Å²) < 4.78 is 5.15. The summed E-state index contributed by atoms with van der Waals surface area (Å²) in [5.74, 6) is -1.38. The highest BCUT2D eigenvalue weighted by Gasteiger charge is 2.25. The summed E-state index contributed by atoms with van der Waals surface area (Å²) in [7, 11) is 1.50. The number of aliphatic carboxylic acids is 1. The highest BCUT2D eigenvalue weighted by atomic mass is 16.5. The number of amides is 1. The van der Waals surface area contributed by atoms with Gasteiger partial charge in [0.2, 0.25) is 5.91 Å². The summed E-state index contributed by atoms with van der Waals surface area (Å²) in [6.45, 7) is 3.50. The van der Waals surface area contributed by atoms with Crippen LogP contribution in [0.4, 0.5) is 0 Å². The van der Waals surface area contributed by atoms with E-state index in [0.717, 1.165) is 0 Å². The number of benzene rings is 1. The molecule has 0 aromatic heterocycles. The van der Waals surface area contributed by atoms with Gasteiger partial charge in [-0.3, -0.25) is 4.79 Å². The third-order valence-corrected chi connectivity index (χ3v) is 3.15. The monoisotopic (exact) mass is 295 g/mol. The summed E-state index contributed by atoms with van der Waals surface area (Å²) in [4.78, 5) is 23.1. The minimum absolute atomic E-state index is 0.0723. The molecule has 6 nitrogen and oxygen atoms in total. The van der Waals surface area contributed by atoms with Crippen molar-refractivity contribution in [3.63, 3.8) is 0 Å². The van der Waals surface area contributed by atoms with Crippen molar-refractivity contribution < 1.29 is 24.5 Å². The maximum absolute atomic E-state index is 11.9. The van der Waals surface area contributed by atoms with Gasteiger partial charge in [0.1, 0.15) is 11.8 Å². The molecule has 0 heterocycles. The lowest BCUT2D eigenvalue weighted by atomic mass is 10.0. The van der Waals surface area contributed by atoms with Gasteiger partial charge < -0.3 is 20.3 Å². The van der Waals surface area contributed by atoms with E-state index >= 15 is 0 Å². The molecule has 6 heteroatoms. The van der Waals surface area contributed by atoms with E-state index in [-0.39, 0.29) is 24.5 Å². The van der Waals surface area contributed by atoms with Crippen molar-refractivity contribution in [2.75, 3.05) is 7.11 Å². The van der Waals surface area contributed by atoms with Crippen molar-refractivity contribution in [2.45, 2.75) is 38.3 Å². The van der Waals surface area contributed by atoms with Gasteiger partial charge in [0, 0.05) is 13.5 Å². The minimum Gasteiger partial charge on any atom is -0.508 e. The molecule has 1 aromatic carbocycles. The predicted molar refractivity (Wildman–Crippen MR) is 77.1 cm³/mol. The van der Waals surface area contributed by atoms with Gasteiger partial charge in [-0.05, 0) is 31.5 Å². The molecule has 0 unspecified atom stereocenters.